The summed E-state index contributed by atoms with van der Waals surface area (Å²) in [6, 6.07) is 3.46. The zero-order chi connectivity index (χ0) is 12.0. The van der Waals surface area contributed by atoms with Crippen molar-refractivity contribution >= 4 is 23.2 Å². The fourth-order valence-corrected chi connectivity index (χ4v) is 1.76. The van der Waals surface area contributed by atoms with Crippen LogP contribution in [0.4, 0.5) is 0 Å². The van der Waals surface area contributed by atoms with E-state index in [2.05, 4.69) is 4.98 Å². The van der Waals surface area contributed by atoms with Gasteiger partial charge < -0.3 is 10.2 Å². The Morgan fingerprint density at radius 2 is 1.75 bits per heavy atom. The molecule has 1 rings (SSSR count). The maximum atomic E-state index is 8.86. The highest BCUT2D eigenvalue weighted by Crippen LogP contribution is 2.18. The zero-order valence-electron chi connectivity index (χ0n) is 8.74. The summed E-state index contributed by atoms with van der Waals surface area (Å²) >= 11 is 11.6. The Bertz CT molecular complexity index is 331. The lowest BCUT2D eigenvalue weighted by atomic mass is 10.2. The minimum absolute atomic E-state index is 0.0403. The molecule has 0 bridgehead atoms. The standard InChI is InChI=1S/C10H14Cl2N2O2/c11-9-2-1-8(10(12)13-9)7-14(3-5-15)4-6-16/h1-2,15-16H,3-7H2. The van der Waals surface area contributed by atoms with Crippen molar-refractivity contribution in [3.63, 3.8) is 0 Å². The molecule has 0 atom stereocenters. The number of rotatable bonds is 6. The highest BCUT2D eigenvalue weighted by Gasteiger charge is 2.08. The molecule has 0 unspecified atom stereocenters. The van der Waals surface area contributed by atoms with Gasteiger partial charge in [0.25, 0.3) is 0 Å². The highest BCUT2D eigenvalue weighted by molar-refractivity contribution is 6.32. The van der Waals surface area contributed by atoms with E-state index in [1.807, 2.05) is 4.90 Å². The lowest BCUT2D eigenvalue weighted by Gasteiger charge is -2.20. The van der Waals surface area contributed by atoms with Crippen LogP contribution in [0.3, 0.4) is 0 Å². The molecule has 2 N–H and O–H groups in total. The van der Waals surface area contributed by atoms with Crippen LogP contribution in [0.25, 0.3) is 0 Å². The molecular weight excluding hydrogens is 251 g/mol. The molecule has 0 fully saturated rings. The summed E-state index contributed by atoms with van der Waals surface area (Å²) in [6.45, 7) is 1.58. The third-order valence-corrected chi connectivity index (χ3v) is 2.66. The number of hydrogen-bond donors (Lipinski definition) is 2. The fourth-order valence-electron chi connectivity index (χ4n) is 1.35. The molecule has 0 aromatic carbocycles. The molecule has 0 radical (unpaired) electrons. The average Bonchev–Trinajstić information content (AvgIpc) is 2.23. The number of aliphatic hydroxyl groups excluding tert-OH is 2. The lowest BCUT2D eigenvalue weighted by Crippen LogP contribution is -2.29. The van der Waals surface area contributed by atoms with Gasteiger partial charge in [-0.05, 0) is 6.07 Å². The Labute approximate surface area is 104 Å². The van der Waals surface area contributed by atoms with Crippen LogP contribution >= 0.6 is 23.2 Å². The van der Waals surface area contributed by atoms with Gasteiger partial charge in [-0.25, -0.2) is 4.98 Å². The molecule has 0 amide bonds. The van der Waals surface area contributed by atoms with Crippen molar-refractivity contribution in [1.82, 2.24) is 9.88 Å². The van der Waals surface area contributed by atoms with E-state index >= 15 is 0 Å². The number of nitrogens with zero attached hydrogens (tertiary/aromatic N) is 2. The number of halogens is 2. The SMILES string of the molecule is OCCN(CCO)Cc1ccc(Cl)nc1Cl. The summed E-state index contributed by atoms with van der Waals surface area (Å²) in [5.74, 6) is 0. The summed E-state index contributed by atoms with van der Waals surface area (Å²) in [6.07, 6.45) is 0. The first-order valence-corrected chi connectivity index (χ1v) is 5.68. The lowest BCUT2D eigenvalue weighted by molar-refractivity contribution is 0.156. The van der Waals surface area contributed by atoms with E-state index in [4.69, 9.17) is 33.4 Å². The van der Waals surface area contributed by atoms with Crippen molar-refractivity contribution in [1.29, 1.82) is 0 Å². The summed E-state index contributed by atoms with van der Waals surface area (Å²) in [7, 11) is 0. The number of aliphatic hydroxyl groups is 2. The first kappa shape index (κ1) is 13.7. The summed E-state index contributed by atoms with van der Waals surface area (Å²) in [5.41, 5.74) is 0.827. The van der Waals surface area contributed by atoms with Crippen molar-refractivity contribution in [2.45, 2.75) is 6.54 Å². The van der Waals surface area contributed by atoms with Gasteiger partial charge in [-0.1, -0.05) is 29.3 Å². The molecule has 1 aromatic heterocycles. The Hall–Kier alpha value is -0.390. The van der Waals surface area contributed by atoms with Gasteiger partial charge in [-0.2, -0.15) is 0 Å². The van der Waals surface area contributed by atoms with Gasteiger partial charge in [-0.15, -0.1) is 0 Å². The van der Waals surface area contributed by atoms with E-state index < -0.39 is 0 Å². The van der Waals surface area contributed by atoms with E-state index in [1.54, 1.807) is 12.1 Å². The van der Waals surface area contributed by atoms with Gasteiger partial charge in [-0.3, -0.25) is 4.90 Å². The first-order valence-electron chi connectivity index (χ1n) is 4.92. The molecule has 0 spiro atoms. The number of pyridine rings is 1. The largest absolute Gasteiger partial charge is 0.395 e. The van der Waals surface area contributed by atoms with Crippen LogP contribution in [0.15, 0.2) is 12.1 Å². The molecule has 4 nitrogen and oxygen atoms in total. The second-order valence-corrected chi connectivity index (χ2v) is 4.05. The normalized spacial score (nSPS) is 11.1. The van der Waals surface area contributed by atoms with Crippen molar-refractivity contribution < 1.29 is 10.2 Å². The van der Waals surface area contributed by atoms with E-state index in [0.29, 0.717) is 29.9 Å². The molecule has 1 heterocycles. The molecule has 0 saturated carbocycles. The molecule has 1 aromatic rings. The van der Waals surface area contributed by atoms with Crippen LogP contribution in [-0.4, -0.2) is 46.4 Å². The third-order valence-electron chi connectivity index (χ3n) is 2.12. The van der Waals surface area contributed by atoms with Crippen LogP contribution in [0, 0.1) is 0 Å². The van der Waals surface area contributed by atoms with Crippen LogP contribution < -0.4 is 0 Å². The van der Waals surface area contributed by atoms with Gasteiger partial charge in [0.2, 0.25) is 0 Å². The predicted molar refractivity (Wildman–Crippen MR) is 63.7 cm³/mol. The Morgan fingerprint density at radius 1 is 1.12 bits per heavy atom. The quantitative estimate of drug-likeness (QED) is 0.758. The summed E-state index contributed by atoms with van der Waals surface area (Å²) < 4.78 is 0. The maximum Gasteiger partial charge on any atom is 0.135 e. The highest BCUT2D eigenvalue weighted by atomic mass is 35.5. The maximum absolute atomic E-state index is 8.86. The second-order valence-electron chi connectivity index (χ2n) is 3.31. The topological polar surface area (TPSA) is 56.6 Å². The fraction of sp³-hybridized carbons (Fsp3) is 0.500. The van der Waals surface area contributed by atoms with Gasteiger partial charge >= 0.3 is 0 Å². The number of aromatic nitrogens is 1. The van der Waals surface area contributed by atoms with Gasteiger partial charge in [0.15, 0.2) is 0 Å². The molecule has 6 heteroatoms. The van der Waals surface area contributed by atoms with E-state index in [-0.39, 0.29) is 13.2 Å². The van der Waals surface area contributed by atoms with Crippen LogP contribution in [0.5, 0.6) is 0 Å². The van der Waals surface area contributed by atoms with Crippen molar-refractivity contribution in [3.8, 4) is 0 Å². The van der Waals surface area contributed by atoms with Crippen molar-refractivity contribution in [2.24, 2.45) is 0 Å². The summed E-state index contributed by atoms with van der Waals surface area (Å²) in [4.78, 5) is 5.81. The zero-order valence-corrected chi connectivity index (χ0v) is 10.2. The third kappa shape index (κ3) is 4.23. The minimum Gasteiger partial charge on any atom is -0.395 e. The average molecular weight is 265 g/mol. The van der Waals surface area contributed by atoms with E-state index in [0.717, 1.165) is 5.56 Å². The molecule has 16 heavy (non-hydrogen) atoms. The Morgan fingerprint density at radius 3 is 2.25 bits per heavy atom. The minimum atomic E-state index is 0.0403. The Balaban J connectivity index is 2.68. The van der Waals surface area contributed by atoms with Crippen LogP contribution in [0.1, 0.15) is 5.56 Å². The molecule has 0 saturated heterocycles. The Kier molecular flexibility index (Phi) is 6.01. The van der Waals surface area contributed by atoms with E-state index in [9.17, 15) is 0 Å². The molecule has 0 aliphatic heterocycles. The van der Waals surface area contributed by atoms with Gasteiger partial charge in [0.05, 0.1) is 13.2 Å². The smallest absolute Gasteiger partial charge is 0.135 e. The predicted octanol–water partition coefficient (Wildman–Crippen LogP) is 1.17. The van der Waals surface area contributed by atoms with Crippen molar-refractivity contribution in [2.75, 3.05) is 26.3 Å². The van der Waals surface area contributed by atoms with Gasteiger partial charge in [0.1, 0.15) is 10.3 Å². The molecule has 0 aliphatic rings. The molecule has 90 valence electrons. The van der Waals surface area contributed by atoms with Crippen LogP contribution in [0.2, 0.25) is 10.3 Å². The monoisotopic (exact) mass is 264 g/mol. The second kappa shape index (κ2) is 7.04. The van der Waals surface area contributed by atoms with E-state index in [1.165, 1.54) is 0 Å². The number of hydrogen-bond acceptors (Lipinski definition) is 4. The molecular formula is C10H14Cl2N2O2. The molecule has 0 aliphatic carbocycles. The summed E-state index contributed by atoms with van der Waals surface area (Å²) in [5, 5.41) is 18.4. The van der Waals surface area contributed by atoms with Gasteiger partial charge in [0, 0.05) is 25.2 Å². The van der Waals surface area contributed by atoms with Crippen LogP contribution in [-0.2, 0) is 6.54 Å². The van der Waals surface area contributed by atoms with Crippen molar-refractivity contribution in [3.05, 3.63) is 28.0 Å². The first-order chi connectivity index (χ1) is 7.67.